The summed E-state index contributed by atoms with van der Waals surface area (Å²) in [5, 5.41) is 65.5. The maximum Gasteiger partial charge on any atom is 0.335 e. The van der Waals surface area contributed by atoms with E-state index in [0.29, 0.717) is 12.8 Å². The summed E-state index contributed by atoms with van der Waals surface area (Å²) in [4.78, 5) is 24.6. The Kier molecular flexibility index (Phi) is 26.5. The Morgan fingerprint density at radius 3 is 1.40 bits per heavy atom. The average Bonchev–Trinajstić information content (AvgIpc) is 3.06. The molecule has 1 aliphatic heterocycles. The van der Waals surface area contributed by atoms with E-state index in [1.807, 2.05) is 0 Å². The van der Waals surface area contributed by atoms with Gasteiger partial charge in [0.1, 0.15) is 30.5 Å². The second-order valence-corrected chi connectivity index (χ2v) is 14.3. The van der Waals surface area contributed by atoms with Gasteiger partial charge < -0.3 is 40.7 Å². The van der Waals surface area contributed by atoms with Gasteiger partial charge in [0.2, 0.25) is 5.91 Å². The van der Waals surface area contributed by atoms with Crippen LogP contribution in [0.25, 0.3) is 0 Å². The highest BCUT2D eigenvalue weighted by Crippen LogP contribution is 2.27. The van der Waals surface area contributed by atoms with Crippen molar-refractivity contribution in [3.8, 4) is 0 Å². The predicted octanol–water partition coefficient (Wildman–Crippen LogP) is 6.31. The minimum atomic E-state index is -1.90. The maximum absolute atomic E-state index is 12.9. The second kappa shape index (κ2) is 28.4. The first kappa shape index (κ1) is 44.7. The molecule has 1 fully saturated rings. The van der Waals surface area contributed by atoms with Crippen LogP contribution in [0, 0.1) is 0 Å². The molecule has 1 saturated heterocycles. The smallest absolute Gasteiger partial charge is 0.335 e. The van der Waals surface area contributed by atoms with E-state index in [4.69, 9.17) is 4.74 Å². The van der Waals surface area contributed by atoms with Crippen molar-refractivity contribution in [2.24, 2.45) is 0 Å². The Labute approximate surface area is 291 Å². The van der Waals surface area contributed by atoms with Gasteiger partial charge in [0.15, 0.2) is 6.10 Å². The molecule has 0 spiro atoms. The zero-order valence-electron chi connectivity index (χ0n) is 30.4. The van der Waals surface area contributed by atoms with Crippen molar-refractivity contribution in [2.45, 2.75) is 230 Å². The van der Waals surface area contributed by atoms with E-state index >= 15 is 0 Å². The number of aliphatic hydroxyl groups is 5. The normalized spacial score (nSPS) is 23.1. The lowest BCUT2D eigenvalue weighted by Gasteiger charge is -2.43. The molecule has 0 aromatic carbocycles. The molecule has 0 radical (unpaired) electrons. The standard InChI is InChI=1S/C38H73NO9/c1-3-5-7-9-11-13-15-16-18-19-21-23-25-27-29(40)31(32(42)36-34(44)33(43)35(45)37(48-36)38(46)47)39-30(41)28-26-24-22-20-17-14-12-10-8-6-4-2/h29,31-37,40,42-45H,3-28H2,1-2H3,(H,39,41)(H,46,47)/t29-,31-,32?,33-,34-,35+,36+,37+/m1/s1. The Morgan fingerprint density at radius 2 is 0.979 bits per heavy atom. The summed E-state index contributed by atoms with van der Waals surface area (Å²) in [6.07, 6.45) is 16.3. The van der Waals surface area contributed by atoms with Gasteiger partial charge in [-0.3, -0.25) is 4.79 Å². The largest absolute Gasteiger partial charge is 0.479 e. The van der Waals surface area contributed by atoms with E-state index in [0.717, 1.165) is 38.5 Å². The van der Waals surface area contributed by atoms with Gasteiger partial charge >= 0.3 is 5.97 Å². The molecule has 10 heteroatoms. The lowest BCUT2D eigenvalue weighted by atomic mass is 9.87. The van der Waals surface area contributed by atoms with E-state index in [-0.39, 0.29) is 18.7 Å². The van der Waals surface area contributed by atoms with Crippen LogP contribution in [0.15, 0.2) is 0 Å². The quantitative estimate of drug-likeness (QED) is 0.0412. The number of rotatable bonds is 31. The molecule has 10 nitrogen and oxygen atoms in total. The first-order chi connectivity index (χ1) is 23.1. The molecule has 1 rings (SSSR count). The van der Waals surface area contributed by atoms with Crippen LogP contribution in [0.2, 0.25) is 0 Å². The molecule has 1 unspecified atom stereocenters. The molecular weight excluding hydrogens is 614 g/mol. The Bertz CT molecular complexity index is 800. The summed E-state index contributed by atoms with van der Waals surface area (Å²) in [5.41, 5.74) is 0. The van der Waals surface area contributed by atoms with Crippen molar-refractivity contribution in [1.29, 1.82) is 0 Å². The number of carbonyl (C=O) groups is 2. The fraction of sp³-hybridized carbons (Fsp3) is 0.947. The monoisotopic (exact) mass is 688 g/mol. The summed E-state index contributed by atoms with van der Waals surface area (Å²) in [6.45, 7) is 4.45. The third kappa shape index (κ3) is 19.2. The number of nitrogens with one attached hydrogen (secondary N) is 1. The van der Waals surface area contributed by atoms with Crippen LogP contribution in [-0.4, -0.2) is 91.3 Å². The van der Waals surface area contributed by atoms with Gasteiger partial charge in [0.25, 0.3) is 0 Å². The molecular formula is C38H73NO9. The summed E-state index contributed by atoms with van der Waals surface area (Å²) < 4.78 is 5.34. The second-order valence-electron chi connectivity index (χ2n) is 14.3. The van der Waals surface area contributed by atoms with Gasteiger partial charge in [0.05, 0.1) is 12.1 Å². The van der Waals surface area contributed by atoms with E-state index in [9.17, 15) is 40.2 Å². The van der Waals surface area contributed by atoms with Gasteiger partial charge in [-0.15, -0.1) is 0 Å². The first-order valence-corrected chi connectivity index (χ1v) is 19.7. The highest BCUT2D eigenvalue weighted by molar-refractivity contribution is 5.76. The van der Waals surface area contributed by atoms with E-state index in [2.05, 4.69) is 19.2 Å². The number of aliphatic carboxylic acids is 1. The number of unbranched alkanes of at least 4 members (excludes halogenated alkanes) is 22. The fourth-order valence-electron chi connectivity index (χ4n) is 6.76. The van der Waals surface area contributed by atoms with E-state index < -0.39 is 54.7 Å². The molecule has 0 bridgehead atoms. The lowest BCUT2D eigenvalue weighted by Crippen LogP contribution is -2.66. The predicted molar refractivity (Wildman–Crippen MR) is 190 cm³/mol. The molecule has 1 aliphatic rings. The number of carbonyl (C=O) groups excluding carboxylic acids is 1. The molecule has 8 atom stereocenters. The number of carboxylic acid groups (broad SMARTS) is 1. The van der Waals surface area contributed by atoms with Crippen molar-refractivity contribution >= 4 is 11.9 Å². The van der Waals surface area contributed by atoms with Crippen LogP contribution in [0.5, 0.6) is 0 Å². The highest BCUT2D eigenvalue weighted by Gasteiger charge is 2.51. The van der Waals surface area contributed by atoms with Crippen molar-refractivity contribution in [2.75, 3.05) is 0 Å². The third-order valence-corrected chi connectivity index (χ3v) is 9.95. The Morgan fingerprint density at radius 1 is 0.583 bits per heavy atom. The number of aliphatic hydroxyl groups excluding tert-OH is 5. The van der Waals surface area contributed by atoms with Crippen molar-refractivity contribution in [3.05, 3.63) is 0 Å². The number of ether oxygens (including phenoxy) is 1. The van der Waals surface area contributed by atoms with Gasteiger partial charge in [-0.2, -0.15) is 0 Å². The van der Waals surface area contributed by atoms with E-state index in [1.165, 1.54) is 103 Å². The topological polar surface area (TPSA) is 177 Å². The van der Waals surface area contributed by atoms with Crippen LogP contribution in [0.3, 0.4) is 0 Å². The third-order valence-electron chi connectivity index (χ3n) is 9.95. The molecule has 0 aromatic heterocycles. The van der Waals surface area contributed by atoms with Crippen LogP contribution in [0.1, 0.15) is 181 Å². The molecule has 0 saturated carbocycles. The van der Waals surface area contributed by atoms with Gasteiger partial charge in [-0.25, -0.2) is 4.79 Å². The zero-order chi connectivity index (χ0) is 35.6. The Balaban J connectivity index is 2.56. The average molecular weight is 688 g/mol. The summed E-state index contributed by atoms with van der Waals surface area (Å²) in [6, 6.07) is -1.25. The number of hydrogen-bond acceptors (Lipinski definition) is 8. The molecule has 1 heterocycles. The fourth-order valence-corrected chi connectivity index (χ4v) is 6.76. The lowest BCUT2D eigenvalue weighted by molar-refractivity contribution is -0.249. The van der Waals surface area contributed by atoms with Crippen molar-refractivity contribution < 1.29 is 45.0 Å². The van der Waals surface area contributed by atoms with Gasteiger partial charge in [-0.1, -0.05) is 162 Å². The minimum Gasteiger partial charge on any atom is -0.479 e. The Hall–Kier alpha value is -1.30. The number of hydrogen-bond donors (Lipinski definition) is 7. The zero-order valence-corrected chi connectivity index (χ0v) is 30.4. The summed E-state index contributed by atoms with van der Waals surface area (Å²) >= 11 is 0. The van der Waals surface area contributed by atoms with Crippen LogP contribution >= 0.6 is 0 Å². The SMILES string of the molecule is CCCCCCCCCCCCCCC[C@@H](O)[C@@H](NC(=O)CCCCCCCCCCCCC)C(O)[C@@H]1O[C@H](C(=O)O)[C@@H](O)[C@H](O)[C@H]1O. The van der Waals surface area contributed by atoms with Crippen molar-refractivity contribution in [1.82, 2.24) is 5.32 Å². The van der Waals surface area contributed by atoms with Crippen LogP contribution in [0.4, 0.5) is 0 Å². The highest BCUT2D eigenvalue weighted by atomic mass is 16.6. The minimum absolute atomic E-state index is 0.207. The van der Waals surface area contributed by atoms with Crippen molar-refractivity contribution in [3.63, 3.8) is 0 Å². The molecule has 0 aromatic rings. The number of carboxylic acids is 1. The molecule has 1 amide bonds. The molecule has 48 heavy (non-hydrogen) atoms. The first-order valence-electron chi connectivity index (χ1n) is 19.7. The maximum atomic E-state index is 12.9. The molecule has 7 N–H and O–H groups in total. The summed E-state index contributed by atoms with van der Waals surface area (Å²) in [5.74, 6) is -1.92. The van der Waals surface area contributed by atoms with Crippen LogP contribution < -0.4 is 5.32 Å². The molecule has 284 valence electrons. The van der Waals surface area contributed by atoms with E-state index in [1.54, 1.807) is 0 Å². The van der Waals surface area contributed by atoms with Crippen LogP contribution in [-0.2, 0) is 14.3 Å². The number of amides is 1. The van der Waals surface area contributed by atoms with Gasteiger partial charge in [0, 0.05) is 6.42 Å². The molecule has 0 aliphatic carbocycles. The van der Waals surface area contributed by atoms with Gasteiger partial charge in [-0.05, 0) is 12.8 Å². The summed E-state index contributed by atoms with van der Waals surface area (Å²) in [7, 11) is 0.